The fourth-order valence-electron chi connectivity index (χ4n) is 4.66. The first kappa shape index (κ1) is 24.6. The standard InChI is InChI=1S/C31H25N3O4/c1-20-18-27(36)34(29-23(20)14-9-15-25(29)37-2)17-16-26(35)33-31-24(19-32)28(21-10-5-3-6-11-21)30(38-31)22-12-7-4-8-13-22/h3-15,18H,16-17H2,1-2H3,(H,33,35). The molecule has 7 nitrogen and oxygen atoms in total. The maximum Gasteiger partial charge on any atom is 0.251 e. The van der Waals surface area contributed by atoms with E-state index in [1.165, 1.54) is 0 Å². The van der Waals surface area contributed by atoms with Crippen LogP contribution in [-0.4, -0.2) is 17.6 Å². The Morgan fingerprint density at radius 1 is 1.00 bits per heavy atom. The predicted octanol–water partition coefficient (Wildman–Crippen LogP) is 6.15. The molecule has 0 aliphatic rings. The molecule has 0 fully saturated rings. The molecule has 0 aliphatic heterocycles. The van der Waals surface area contributed by atoms with Crippen LogP contribution < -0.4 is 15.6 Å². The molecule has 0 saturated carbocycles. The molecule has 0 spiro atoms. The van der Waals surface area contributed by atoms with Crippen molar-refractivity contribution >= 4 is 22.7 Å². The molecule has 0 radical (unpaired) electrons. The van der Waals surface area contributed by atoms with Crippen molar-refractivity contribution in [2.24, 2.45) is 0 Å². The number of carbonyl (C=O) groups is 1. The number of amides is 1. The van der Waals surface area contributed by atoms with Crippen LogP contribution >= 0.6 is 0 Å². The van der Waals surface area contributed by atoms with Gasteiger partial charge in [0.1, 0.15) is 23.1 Å². The Kier molecular flexibility index (Phi) is 6.79. The van der Waals surface area contributed by atoms with E-state index in [1.807, 2.05) is 79.7 Å². The summed E-state index contributed by atoms with van der Waals surface area (Å²) >= 11 is 0. The van der Waals surface area contributed by atoms with Gasteiger partial charge in [0.25, 0.3) is 5.56 Å². The maximum absolute atomic E-state index is 13.1. The second-order valence-corrected chi connectivity index (χ2v) is 8.83. The largest absolute Gasteiger partial charge is 0.495 e. The van der Waals surface area contributed by atoms with Crippen LogP contribution in [0, 0.1) is 18.3 Å². The van der Waals surface area contributed by atoms with Crippen molar-refractivity contribution in [3.8, 4) is 34.3 Å². The third kappa shape index (κ3) is 4.56. The van der Waals surface area contributed by atoms with Crippen LogP contribution in [0.15, 0.2) is 94.1 Å². The molecule has 1 amide bonds. The van der Waals surface area contributed by atoms with E-state index < -0.39 is 0 Å². The van der Waals surface area contributed by atoms with Gasteiger partial charge in [0.05, 0.1) is 12.6 Å². The van der Waals surface area contributed by atoms with E-state index in [4.69, 9.17) is 9.15 Å². The van der Waals surface area contributed by atoms with Gasteiger partial charge >= 0.3 is 0 Å². The van der Waals surface area contributed by atoms with Crippen LogP contribution in [0.25, 0.3) is 33.4 Å². The number of furan rings is 1. The Hall–Kier alpha value is -5.09. The summed E-state index contributed by atoms with van der Waals surface area (Å²) in [5.74, 6) is 0.745. The van der Waals surface area contributed by atoms with Gasteiger partial charge in [0.2, 0.25) is 11.8 Å². The second-order valence-electron chi connectivity index (χ2n) is 8.83. The van der Waals surface area contributed by atoms with E-state index >= 15 is 0 Å². The first-order valence-corrected chi connectivity index (χ1v) is 12.2. The van der Waals surface area contributed by atoms with Crippen molar-refractivity contribution in [1.29, 1.82) is 5.26 Å². The Morgan fingerprint density at radius 2 is 1.68 bits per heavy atom. The lowest BCUT2D eigenvalue weighted by molar-refractivity contribution is -0.116. The van der Waals surface area contributed by atoms with Gasteiger partial charge in [0, 0.05) is 35.5 Å². The zero-order valence-corrected chi connectivity index (χ0v) is 21.0. The van der Waals surface area contributed by atoms with Crippen LogP contribution in [0.3, 0.4) is 0 Å². The number of pyridine rings is 1. The summed E-state index contributed by atoms with van der Waals surface area (Å²) in [6, 6.07) is 28.2. The summed E-state index contributed by atoms with van der Waals surface area (Å²) in [5, 5.41) is 13.7. The topological polar surface area (TPSA) is 97.3 Å². The molecule has 0 aliphatic carbocycles. The van der Waals surface area contributed by atoms with Gasteiger partial charge in [-0.25, -0.2) is 0 Å². The quantitative estimate of drug-likeness (QED) is 0.287. The number of benzene rings is 3. The number of rotatable bonds is 7. The molecule has 3 aromatic carbocycles. The summed E-state index contributed by atoms with van der Waals surface area (Å²) in [6.45, 7) is 2.00. The fourth-order valence-corrected chi connectivity index (χ4v) is 4.66. The number of fused-ring (bicyclic) bond motifs is 1. The molecule has 0 bridgehead atoms. The van der Waals surface area contributed by atoms with Crippen LogP contribution in [0.2, 0.25) is 0 Å². The molecular formula is C31H25N3O4. The molecular weight excluding hydrogens is 478 g/mol. The average Bonchev–Trinajstić information content (AvgIpc) is 3.31. The molecule has 2 aromatic heterocycles. The summed E-state index contributed by atoms with van der Waals surface area (Å²) in [5.41, 5.74) is 3.69. The van der Waals surface area contributed by atoms with E-state index in [0.29, 0.717) is 22.6 Å². The highest BCUT2D eigenvalue weighted by atomic mass is 16.5. The van der Waals surface area contributed by atoms with Crippen molar-refractivity contribution in [3.05, 3.63) is 106 Å². The number of anilines is 1. The Labute approximate surface area is 219 Å². The number of para-hydroxylation sites is 1. The first-order chi connectivity index (χ1) is 18.5. The van der Waals surface area contributed by atoms with Gasteiger partial charge < -0.3 is 13.7 Å². The monoisotopic (exact) mass is 503 g/mol. The molecule has 5 rings (SSSR count). The molecule has 38 heavy (non-hydrogen) atoms. The first-order valence-electron chi connectivity index (χ1n) is 12.2. The summed E-state index contributed by atoms with van der Waals surface area (Å²) < 4.78 is 13.1. The van der Waals surface area contributed by atoms with E-state index in [-0.39, 0.29) is 35.9 Å². The molecule has 188 valence electrons. The zero-order valence-electron chi connectivity index (χ0n) is 21.0. The molecule has 0 unspecified atom stereocenters. The van der Waals surface area contributed by atoms with Gasteiger partial charge in [-0.05, 0) is 24.1 Å². The van der Waals surface area contributed by atoms with Gasteiger partial charge in [-0.3, -0.25) is 14.9 Å². The summed E-state index contributed by atoms with van der Waals surface area (Å²) in [4.78, 5) is 26.0. The normalized spacial score (nSPS) is 10.8. The highest BCUT2D eigenvalue weighted by molar-refractivity contribution is 5.96. The van der Waals surface area contributed by atoms with Crippen LogP contribution in [0.1, 0.15) is 17.5 Å². The highest BCUT2D eigenvalue weighted by Crippen LogP contribution is 2.41. The number of aryl methyl sites for hydroxylation is 2. The van der Waals surface area contributed by atoms with E-state index in [2.05, 4.69) is 11.4 Å². The van der Waals surface area contributed by atoms with Crippen molar-refractivity contribution in [3.63, 3.8) is 0 Å². The molecule has 0 saturated heterocycles. The highest BCUT2D eigenvalue weighted by Gasteiger charge is 2.24. The van der Waals surface area contributed by atoms with Crippen molar-refractivity contribution in [2.75, 3.05) is 12.4 Å². The molecule has 0 atom stereocenters. The number of nitrogens with zero attached hydrogens (tertiary/aromatic N) is 2. The van der Waals surface area contributed by atoms with Gasteiger partial charge in [0.15, 0.2) is 0 Å². The fraction of sp³-hybridized carbons (Fsp3) is 0.129. The third-order valence-electron chi connectivity index (χ3n) is 6.45. The van der Waals surface area contributed by atoms with Crippen molar-refractivity contribution in [1.82, 2.24) is 4.57 Å². The van der Waals surface area contributed by atoms with Crippen molar-refractivity contribution < 1.29 is 13.9 Å². The number of aromatic nitrogens is 1. The van der Waals surface area contributed by atoms with Crippen LogP contribution in [0.4, 0.5) is 5.88 Å². The van der Waals surface area contributed by atoms with Gasteiger partial charge in [-0.2, -0.15) is 5.26 Å². The van der Waals surface area contributed by atoms with Gasteiger partial charge in [-0.1, -0.05) is 72.8 Å². The minimum atomic E-state index is -0.384. The summed E-state index contributed by atoms with van der Waals surface area (Å²) in [7, 11) is 1.55. The SMILES string of the molecule is COc1cccc2c(C)cc(=O)n(CCC(=O)Nc3oc(-c4ccccc4)c(-c4ccccc4)c3C#N)c12. The number of hydrogen-bond acceptors (Lipinski definition) is 5. The van der Waals surface area contributed by atoms with E-state index in [0.717, 1.165) is 22.1 Å². The Morgan fingerprint density at radius 3 is 2.34 bits per heavy atom. The van der Waals surface area contributed by atoms with Crippen LogP contribution in [0.5, 0.6) is 5.75 Å². The number of hydrogen-bond donors (Lipinski definition) is 1. The Balaban J connectivity index is 1.48. The maximum atomic E-state index is 13.1. The van der Waals surface area contributed by atoms with Crippen molar-refractivity contribution in [2.45, 2.75) is 19.9 Å². The molecule has 7 heteroatoms. The second kappa shape index (κ2) is 10.5. The third-order valence-corrected chi connectivity index (χ3v) is 6.45. The number of carbonyl (C=O) groups excluding carboxylic acids is 1. The van der Waals surface area contributed by atoms with Crippen LogP contribution in [-0.2, 0) is 11.3 Å². The lowest BCUT2D eigenvalue weighted by Crippen LogP contribution is -2.24. The molecule has 1 N–H and O–H groups in total. The van der Waals surface area contributed by atoms with Gasteiger partial charge in [-0.15, -0.1) is 0 Å². The van der Waals surface area contributed by atoms with E-state index in [9.17, 15) is 14.9 Å². The summed E-state index contributed by atoms with van der Waals surface area (Å²) in [6.07, 6.45) is -0.0109. The lowest BCUT2D eigenvalue weighted by atomic mass is 9.98. The smallest absolute Gasteiger partial charge is 0.251 e. The number of nitrogens with one attached hydrogen (secondary N) is 1. The average molecular weight is 504 g/mol. The number of ether oxygens (including phenoxy) is 1. The molecule has 2 heterocycles. The zero-order chi connectivity index (χ0) is 26.6. The number of nitriles is 1. The minimum Gasteiger partial charge on any atom is -0.495 e. The lowest BCUT2D eigenvalue weighted by Gasteiger charge is -2.14. The Bertz CT molecular complexity index is 1730. The van der Waals surface area contributed by atoms with E-state index in [1.54, 1.807) is 23.8 Å². The minimum absolute atomic E-state index is 0.0109. The predicted molar refractivity (Wildman–Crippen MR) is 147 cm³/mol. The molecule has 5 aromatic rings. The number of methoxy groups -OCH3 is 1.